The van der Waals surface area contributed by atoms with Gasteiger partial charge in [0.1, 0.15) is 21.8 Å². The fraction of sp³-hybridized carbons (Fsp3) is 0.579. The smallest absolute Gasteiger partial charge is 0.315 e. The van der Waals surface area contributed by atoms with Crippen LogP contribution in [0.5, 0.6) is 0 Å². The first-order chi connectivity index (χ1) is 25.4. The monoisotopic (exact) mass is 820 g/mol. The molecule has 3 unspecified atom stereocenters. The number of carbonyl (C=O) groups is 4. The van der Waals surface area contributed by atoms with E-state index in [0.717, 1.165) is 11.3 Å². The van der Waals surface area contributed by atoms with E-state index in [9.17, 15) is 36.0 Å². The average molecular weight is 821 g/mol. The lowest BCUT2D eigenvalue weighted by molar-refractivity contribution is -0.144. The lowest BCUT2D eigenvalue weighted by Crippen LogP contribution is -2.63. The van der Waals surface area contributed by atoms with Gasteiger partial charge < -0.3 is 20.9 Å². The van der Waals surface area contributed by atoms with Crippen molar-refractivity contribution in [2.75, 3.05) is 20.1 Å². The van der Waals surface area contributed by atoms with E-state index in [1.54, 1.807) is 38.3 Å². The van der Waals surface area contributed by atoms with Crippen molar-refractivity contribution in [1.29, 1.82) is 0 Å². The fourth-order valence-corrected chi connectivity index (χ4v) is 10.3. The van der Waals surface area contributed by atoms with E-state index < -0.39 is 84.2 Å². The molecule has 1 aromatic carbocycles. The van der Waals surface area contributed by atoms with Crippen LogP contribution in [0.1, 0.15) is 68.2 Å². The SMILES string of the molecule is C=CC1C[C@]1(NC(=O)C1[C@@H](C(C)C)CCN1C(=O)[C@@H](NC(=O)NC(CN(C)S(=O)(=O)c1cccs1)C(C)(C)C)C(C)(C)C)C(=O)NS(=O)(=O)c1ccccc1. The molecule has 304 valence electrons. The van der Waals surface area contributed by atoms with Gasteiger partial charge in [-0.05, 0) is 59.1 Å². The summed E-state index contributed by atoms with van der Waals surface area (Å²) in [6.45, 7) is 18.8. The van der Waals surface area contributed by atoms with E-state index >= 15 is 0 Å². The van der Waals surface area contributed by atoms with Crippen LogP contribution in [0.2, 0.25) is 0 Å². The van der Waals surface area contributed by atoms with Gasteiger partial charge in [0.25, 0.3) is 26.0 Å². The summed E-state index contributed by atoms with van der Waals surface area (Å²) in [5.74, 6) is -2.92. The number of nitrogens with zero attached hydrogens (tertiary/aromatic N) is 2. The molecule has 0 bridgehead atoms. The number of nitrogens with one attached hydrogen (secondary N) is 4. The zero-order chi connectivity index (χ0) is 41.3. The molecule has 2 aliphatic rings. The van der Waals surface area contributed by atoms with Crippen molar-refractivity contribution in [3.05, 3.63) is 60.5 Å². The predicted molar refractivity (Wildman–Crippen MR) is 212 cm³/mol. The Bertz CT molecular complexity index is 1960. The summed E-state index contributed by atoms with van der Waals surface area (Å²) in [5, 5.41) is 10.2. The largest absolute Gasteiger partial charge is 0.339 e. The second kappa shape index (κ2) is 16.4. The zero-order valence-corrected chi connectivity index (χ0v) is 35.5. The number of benzene rings is 1. The van der Waals surface area contributed by atoms with Gasteiger partial charge in [-0.25, -0.2) is 26.4 Å². The minimum absolute atomic E-state index is 0.0383. The summed E-state index contributed by atoms with van der Waals surface area (Å²) in [6, 6.07) is 7.10. The highest BCUT2D eigenvalue weighted by atomic mass is 32.2. The fourth-order valence-electron chi connectivity index (χ4n) is 6.90. The molecule has 6 atom stereocenters. The third-order valence-corrected chi connectivity index (χ3v) is 15.1. The highest BCUT2D eigenvalue weighted by Gasteiger charge is 2.62. The Hall–Kier alpha value is -3.80. The average Bonchev–Trinajstić information content (AvgIpc) is 3.42. The third-order valence-electron chi connectivity index (χ3n) is 10.5. The van der Waals surface area contributed by atoms with Crippen LogP contribution in [0.15, 0.2) is 69.6 Å². The number of likely N-dealkylation sites (tertiary alicyclic amines) is 1. The first-order valence-electron chi connectivity index (χ1n) is 18.3. The van der Waals surface area contributed by atoms with E-state index in [4.69, 9.17) is 0 Å². The van der Waals surface area contributed by atoms with E-state index in [1.165, 1.54) is 52.7 Å². The van der Waals surface area contributed by atoms with Gasteiger partial charge in [-0.1, -0.05) is 85.7 Å². The molecule has 0 radical (unpaired) electrons. The molecule has 55 heavy (non-hydrogen) atoms. The topological polar surface area (TPSA) is 191 Å². The standard InChI is InChI=1S/C38H56N6O8S3/c1-11-25-22-38(25,34(47)42-54(49,50)26-16-13-12-14-17-26)41-32(45)30-27(24(2)3)19-20-44(30)33(46)31(37(7,8)9)40-35(48)39-28(36(4,5)6)23-43(10)55(51,52)29-18-15-21-53-29/h11-18,21,24-25,27-28,30-31H,1,19-20,22-23H2,2-10H3,(H,41,45)(H,42,47)(H2,39,40,48)/t25?,27-,28?,30?,31-,38-/m1/s1. The maximum absolute atomic E-state index is 14.6. The number of carbonyl (C=O) groups excluding carboxylic acids is 4. The van der Waals surface area contributed by atoms with Crippen molar-refractivity contribution in [1.82, 2.24) is 29.9 Å². The summed E-state index contributed by atoms with van der Waals surface area (Å²) in [7, 11) is -6.60. The number of likely N-dealkylation sites (N-methyl/N-ethyl adjacent to an activating group) is 1. The second-order valence-electron chi connectivity index (χ2n) is 17.0. The molecular weight excluding hydrogens is 765 g/mol. The van der Waals surface area contributed by atoms with E-state index in [0.29, 0.717) is 6.42 Å². The first-order valence-corrected chi connectivity index (χ1v) is 22.1. The van der Waals surface area contributed by atoms with Crippen LogP contribution >= 0.6 is 11.3 Å². The maximum Gasteiger partial charge on any atom is 0.315 e. The summed E-state index contributed by atoms with van der Waals surface area (Å²) in [4.78, 5) is 57.6. The third kappa shape index (κ3) is 9.78. The van der Waals surface area contributed by atoms with Crippen molar-refractivity contribution >= 4 is 55.1 Å². The number of rotatable bonds is 14. The molecule has 2 aromatic rings. The molecule has 17 heteroatoms. The van der Waals surface area contributed by atoms with Crippen LogP contribution in [0.25, 0.3) is 0 Å². The molecule has 1 aromatic heterocycles. The molecule has 1 saturated carbocycles. The van der Waals surface area contributed by atoms with Gasteiger partial charge in [0.05, 0.1) is 4.90 Å². The van der Waals surface area contributed by atoms with Gasteiger partial charge in [-0.2, -0.15) is 4.31 Å². The van der Waals surface area contributed by atoms with Gasteiger partial charge in [0.15, 0.2) is 0 Å². The lowest BCUT2D eigenvalue weighted by Gasteiger charge is -2.38. The van der Waals surface area contributed by atoms with Crippen LogP contribution in [-0.2, 0) is 34.4 Å². The minimum atomic E-state index is -4.25. The molecule has 1 aliphatic carbocycles. The molecule has 14 nitrogen and oxygen atoms in total. The second-order valence-corrected chi connectivity index (χ2v) is 21.9. The van der Waals surface area contributed by atoms with Crippen LogP contribution in [0.3, 0.4) is 0 Å². The molecule has 0 spiro atoms. The molecular formula is C38H56N6O8S3. The highest BCUT2D eigenvalue weighted by molar-refractivity contribution is 7.91. The Morgan fingerprint density at radius 2 is 1.62 bits per heavy atom. The van der Waals surface area contributed by atoms with Crippen LogP contribution < -0.4 is 20.7 Å². The van der Waals surface area contributed by atoms with E-state index in [2.05, 4.69) is 27.3 Å². The number of amides is 5. The van der Waals surface area contributed by atoms with Gasteiger partial charge >= 0.3 is 6.03 Å². The molecule has 5 amide bonds. The van der Waals surface area contributed by atoms with Crippen molar-refractivity contribution in [3.8, 4) is 0 Å². The molecule has 4 rings (SSSR count). The van der Waals surface area contributed by atoms with E-state index in [1.807, 2.05) is 34.6 Å². The number of hydrogen-bond donors (Lipinski definition) is 4. The normalized spacial score (nSPS) is 22.8. The number of hydrogen-bond acceptors (Lipinski definition) is 9. The van der Waals surface area contributed by atoms with Gasteiger partial charge in [0, 0.05) is 32.1 Å². The summed E-state index contributed by atoms with van der Waals surface area (Å²) < 4.78 is 56.0. The first kappa shape index (κ1) is 43.9. The van der Waals surface area contributed by atoms with Crippen LogP contribution in [0.4, 0.5) is 4.79 Å². The Balaban J connectivity index is 1.56. The number of thiophene rings is 1. The van der Waals surface area contributed by atoms with Gasteiger partial charge in [-0.3, -0.25) is 14.4 Å². The molecule has 2 heterocycles. The Labute approximate surface area is 330 Å². The van der Waals surface area contributed by atoms with Gasteiger partial charge in [0.2, 0.25) is 11.8 Å². The Morgan fingerprint density at radius 1 is 0.982 bits per heavy atom. The molecule has 4 N–H and O–H groups in total. The van der Waals surface area contributed by atoms with Crippen molar-refractivity contribution in [2.24, 2.45) is 28.6 Å². The Kier molecular flexibility index (Phi) is 13.1. The van der Waals surface area contributed by atoms with Crippen molar-refractivity contribution < 1.29 is 36.0 Å². The summed E-state index contributed by atoms with van der Waals surface area (Å²) in [6.07, 6.45) is 2.09. The summed E-state index contributed by atoms with van der Waals surface area (Å²) >= 11 is 1.10. The quantitative estimate of drug-likeness (QED) is 0.206. The number of sulfonamides is 2. The maximum atomic E-state index is 14.6. The molecule has 1 aliphatic heterocycles. The highest BCUT2D eigenvalue weighted by Crippen LogP contribution is 2.46. The van der Waals surface area contributed by atoms with E-state index in [-0.39, 0.29) is 40.5 Å². The van der Waals surface area contributed by atoms with Crippen LogP contribution in [0, 0.1) is 28.6 Å². The Morgan fingerprint density at radius 3 is 2.13 bits per heavy atom. The van der Waals surface area contributed by atoms with Crippen molar-refractivity contribution in [3.63, 3.8) is 0 Å². The lowest BCUT2D eigenvalue weighted by atomic mass is 9.84. The van der Waals surface area contributed by atoms with Crippen LogP contribution in [-0.4, -0.2) is 93.6 Å². The molecule has 2 fully saturated rings. The zero-order valence-electron chi connectivity index (χ0n) is 33.1. The minimum Gasteiger partial charge on any atom is -0.339 e. The summed E-state index contributed by atoms with van der Waals surface area (Å²) in [5.41, 5.74) is -3.01. The number of urea groups is 1. The van der Waals surface area contributed by atoms with Crippen molar-refractivity contribution in [2.45, 2.75) is 101 Å². The molecule has 1 saturated heterocycles. The predicted octanol–water partition coefficient (Wildman–Crippen LogP) is 3.94. The van der Waals surface area contributed by atoms with Gasteiger partial charge in [-0.15, -0.1) is 17.9 Å².